The van der Waals surface area contributed by atoms with Crippen molar-refractivity contribution in [1.82, 2.24) is 0 Å². The third-order valence-electron chi connectivity index (χ3n) is 9.23. The standard InChI is InChI=1S/3C13H10O3S.3Li/c3*14-17(15,16)13-7-3-6-11-10-5-2-1-4-9(10)8-12(11)13;;;/h3*1-7H,8H2,(H,14,15,16);;;/q;;;3*+1/p-3. The normalized spacial score (nSPS) is 12.5. The molecule has 9 rings (SSSR count). The van der Waals surface area contributed by atoms with Crippen LogP contribution in [-0.4, -0.2) is 38.9 Å². The molecule has 0 fully saturated rings. The summed E-state index contributed by atoms with van der Waals surface area (Å²) in [4.78, 5) is -0.274. The second-order valence-electron chi connectivity index (χ2n) is 12.2. The zero-order valence-electron chi connectivity index (χ0n) is 29.6. The fourth-order valence-electron chi connectivity index (χ4n) is 7.09. The van der Waals surface area contributed by atoms with Gasteiger partial charge in [0.1, 0.15) is 30.4 Å². The molecule has 258 valence electrons. The molecule has 0 amide bonds. The van der Waals surface area contributed by atoms with Gasteiger partial charge < -0.3 is 13.7 Å². The van der Waals surface area contributed by atoms with Crippen LogP contribution in [-0.2, 0) is 49.6 Å². The molecule has 0 heterocycles. The van der Waals surface area contributed by atoms with Gasteiger partial charge >= 0.3 is 56.6 Å². The van der Waals surface area contributed by atoms with Gasteiger partial charge in [0.15, 0.2) is 0 Å². The molecule has 0 aromatic heterocycles. The van der Waals surface area contributed by atoms with Crippen molar-refractivity contribution < 1.29 is 95.5 Å². The minimum absolute atomic E-state index is 0. The summed E-state index contributed by atoms with van der Waals surface area (Å²) in [6, 6.07) is 37.7. The van der Waals surface area contributed by atoms with Gasteiger partial charge in [-0.2, -0.15) is 0 Å². The molecule has 9 nitrogen and oxygen atoms in total. The molecule has 0 saturated carbocycles. The fourth-order valence-corrected chi connectivity index (χ4v) is 9.27. The molecule has 6 aromatic rings. The summed E-state index contributed by atoms with van der Waals surface area (Å²) in [7, 11) is -13.2. The Labute approximate surface area is 351 Å². The first kappa shape index (κ1) is 43.6. The largest absolute Gasteiger partial charge is 1.00 e. The smallest absolute Gasteiger partial charge is 0.744 e. The molecule has 0 saturated heterocycles. The summed E-state index contributed by atoms with van der Waals surface area (Å²) in [6.45, 7) is 0. The first-order valence-electron chi connectivity index (χ1n) is 15.7. The predicted molar refractivity (Wildman–Crippen MR) is 188 cm³/mol. The van der Waals surface area contributed by atoms with E-state index >= 15 is 0 Å². The van der Waals surface area contributed by atoms with Crippen molar-refractivity contribution in [3.63, 3.8) is 0 Å². The average Bonchev–Trinajstić information content (AvgIpc) is 3.78. The summed E-state index contributed by atoms with van der Waals surface area (Å²) in [5.74, 6) is 0. The van der Waals surface area contributed by atoms with Crippen LogP contribution in [0.3, 0.4) is 0 Å². The summed E-state index contributed by atoms with van der Waals surface area (Å²) in [6.07, 6.45) is 1.55. The van der Waals surface area contributed by atoms with Crippen LogP contribution in [0.15, 0.2) is 142 Å². The number of fused-ring (bicyclic) bond motifs is 9. The zero-order valence-corrected chi connectivity index (χ0v) is 32.1. The maximum atomic E-state index is 11.2. The van der Waals surface area contributed by atoms with Crippen molar-refractivity contribution in [3.8, 4) is 33.4 Å². The molecule has 54 heavy (non-hydrogen) atoms. The van der Waals surface area contributed by atoms with E-state index in [-0.39, 0.29) is 71.3 Å². The molecule has 3 aliphatic carbocycles. The topological polar surface area (TPSA) is 172 Å². The van der Waals surface area contributed by atoms with Gasteiger partial charge in [0.05, 0.1) is 14.7 Å². The van der Waals surface area contributed by atoms with Crippen molar-refractivity contribution in [2.75, 3.05) is 0 Å². The van der Waals surface area contributed by atoms with Crippen LogP contribution >= 0.6 is 0 Å². The molecule has 0 N–H and O–H groups in total. The Morgan fingerprint density at radius 3 is 0.778 bits per heavy atom. The quantitative estimate of drug-likeness (QED) is 0.140. The Morgan fingerprint density at radius 1 is 0.315 bits per heavy atom. The predicted octanol–water partition coefficient (Wildman–Crippen LogP) is -2.50. The third kappa shape index (κ3) is 8.63. The number of benzene rings is 6. The molecular weight excluding hydrogens is 729 g/mol. The van der Waals surface area contributed by atoms with Crippen LogP contribution < -0.4 is 56.6 Å². The maximum absolute atomic E-state index is 11.2. The molecule has 0 spiro atoms. The van der Waals surface area contributed by atoms with Crippen LogP contribution in [0.5, 0.6) is 0 Å². The Balaban J connectivity index is 0.000000176. The van der Waals surface area contributed by atoms with E-state index < -0.39 is 30.4 Å². The van der Waals surface area contributed by atoms with Gasteiger partial charge in [0.2, 0.25) is 0 Å². The molecule has 0 aliphatic heterocycles. The van der Waals surface area contributed by atoms with Gasteiger partial charge in [-0.15, -0.1) is 0 Å². The number of hydrogen-bond donors (Lipinski definition) is 0. The number of hydrogen-bond acceptors (Lipinski definition) is 9. The van der Waals surface area contributed by atoms with E-state index in [1.54, 1.807) is 18.2 Å². The Kier molecular flexibility index (Phi) is 13.6. The molecule has 15 heteroatoms. The van der Waals surface area contributed by atoms with Crippen molar-refractivity contribution in [2.45, 2.75) is 33.9 Å². The van der Waals surface area contributed by atoms with Crippen molar-refractivity contribution >= 4 is 30.4 Å². The van der Waals surface area contributed by atoms with Crippen molar-refractivity contribution in [1.29, 1.82) is 0 Å². The second kappa shape index (κ2) is 16.9. The molecule has 0 radical (unpaired) electrons. The Bertz CT molecular complexity index is 2420. The van der Waals surface area contributed by atoms with Crippen LogP contribution in [0.25, 0.3) is 33.4 Å². The van der Waals surface area contributed by atoms with E-state index in [0.717, 1.165) is 50.1 Å². The van der Waals surface area contributed by atoms with Gasteiger partial charge in [0.25, 0.3) is 0 Å². The molecule has 3 aliphatic rings. The van der Waals surface area contributed by atoms with E-state index in [2.05, 4.69) is 0 Å². The Morgan fingerprint density at radius 2 is 0.537 bits per heavy atom. The molecular formula is C39H27Li3O9S3. The van der Waals surface area contributed by atoms with Crippen LogP contribution in [0, 0.1) is 0 Å². The second-order valence-corrected chi connectivity index (χ2v) is 16.3. The Hall–Kier alpha value is -3.16. The monoisotopic (exact) mass is 756 g/mol. The third-order valence-corrected chi connectivity index (χ3v) is 12.0. The van der Waals surface area contributed by atoms with E-state index in [9.17, 15) is 38.9 Å². The van der Waals surface area contributed by atoms with E-state index in [1.807, 2.05) is 91.0 Å². The SMILES string of the molecule is O=S(=O)([O-])c1cccc2c1Cc1ccccc1-2.O=S(=O)([O-])c1cccc2c1Cc1ccccc1-2.O=S(=O)([O-])c1cccc2c1Cc1ccccc1-2.[Li+].[Li+].[Li+]. The van der Waals surface area contributed by atoms with E-state index in [0.29, 0.717) is 36.0 Å². The van der Waals surface area contributed by atoms with Gasteiger partial charge in [-0.05, 0) is 104 Å². The average molecular weight is 757 g/mol. The number of rotatable bonds is 3. The minimum atomic E-state index is -4.40. The van der Waals surface area contributed by atoms with Crippen LogP contribution in [0.2, 0.25) is 0 Å². The van der Waals surface area contributed by atoms with Crippen molar-refractivity contribution in [3.05, 3.63) is 161 Å². The van der Waals surface area contributed by atoms with Gasteiger partial charge in [-0.1, -0.05) is 109 Å². The summed E-state index contributed by atoms with van der Waals surface area (Å²) in [5.41, 5.74) is 10.7. The van der Waals surface area contributed by atoms with Gasteiger partial charge in [0, 0.05) is 0 Å². The van der Waals surface area contributed by atoms with Gasteiger partial charge in [-0.25, -0.2) is 25.3 Å². The molecule has 0 atom stereocenters. The molecule has 6 aromatic carbocycles. The zero-order chi connectivity index (χ0) is 36.1. The van der Waals surface area contributed by atoms with Crippen LogP contribution in [0.4, 0.5) is 0 Å². The minimum Gasteiger partial charge on any atom is -0.744 e. The summed E-state index contributed by atoms with van der Waals surface area (Å²) >= 11 is 0. The van der Waals surface area contributed by atoms with E-state index in [4.69, 9.17) is 0 Å². The van der Waals surface area contributed by atoms with Crippen LogP contribution in [0.1, 0.15) is 33.4 Å². The van der Waals surface area contributed by atoms with Crippen molar-refractivity contribution in [2.24, 2.45) is 0 Å². The molecule has 0 bridgehead atoms. The maximum Gasteiger partial charge on any atom is 1.00 e. The molecule has 0 unspecified atom stereocenters. The van der Waals surface area contributed by atoms with E-state index in [1.165, 1.54) is 18.2 Å². The summed E-state index contributed by atoms with van der Waals surface area (Å²) in [5, 5.41) is 0. The fraction of sp³-hybridized carbons (Fsp3) is 0.0769. The first-order valence-corrected chi connectivity index (χ1v) is 19.9. The van der Waals surface area contributed by atoms with Gasteiger partial charge in [-0.3, -0.25) is 0 Å². The first-order chi connectivity index (χ1) is 24.2. The summed E-state index contributed by atoms with van der Waals surface area (Å²) < 4.78 is 101.